The average Bonchev–Trinajstić information content (AvgIpc) is 2.56. The fraction of sp³-hybridized carbons (Fsp3) is 0.235. The first-order valence-electron chi connectivity index (χ1n) is 7.51. The van der Waals surface area contributed by atoms with Gasteiger partial charge in [0.25, 0.3) is 5.91 Å². The lowest BCUT2D eigenvalue weighted by Gasteiger charge is -2.12. The van der Waals surface area contributed by atoms with Crippen molar-refractivity contribution in [3.63, 3.8) is 0 Å². The molecule has 0 heterocycles. The van der Waals surface area contributed by atoms with Crippen LogP contribution < -0.4 is 10.0 Å². The average molecular weight is 350 g/mol. The minimum Gasteiger partial charge on any atom is -0.322 e. The van der Waals surface area contributed by atoms with Gasteiger partial charge in [0.1, 0.15) is 5.82 Å². The molecule has 2 rings (SSSR count). The van der Waals surface area contributed by atoms with E-state index in [9.17, 15) is 17.6 Å². The van der Waals surface area contributed by atoms with Gasteiger partial charge in [-0.1, -0.05) is 6.92 Å². The molecule has 0 aliphatic carbocycles. The Balaban J connectivity index is 2.11. The van der Waals surface area contributed by atoms with Gasteiger partial charge in [-0.15, -0.1) is 0 Å². The molecular formula is C17H19FN2O3S. The van der Waals surface area contributed by atoms with Gasteiger partial charge < -0.3 is 5.32 Å². The molecule has 0 saturated carbocycles. The quantitative estimate of drug-likeness (QED) is 0.840. The molecule has 2 N–H and O–H groups in total. The van der Waals surface area contributed by atoms with Crippen molar-refractivity contribution in [2.75, 3.05) is 5.32 Å². The molecule has 1 amide bonds. The Kier molecular flexibility index (Phi) is 5.69. The number of benzene rings is 2. The molecule has 0 radical (unpaired) electrons. The zero-order valence-corrected chi connectivity index (χ0v) is 14.2. The van der Waals surface area contributed by atoms with Gasteiger partial charge >= 0.3 is 0 Å². The number of sulfonamides is 1. The second-order valence-corrected chi connectivity index (χ2v) is 7.13. The van der Waals surface area contributed by atoms with Crippen LogP contribution in [0.4, 0.5) is 10.1 Å². The zero-order chi connectivity index (χ0) is 17.7. The topological polar surface area (TPSA) is 75.3 Å². The molecule has 128 valence electrons. The van der Waals surface area contributed by atoms with Gasteiger partial charge in [0.15, 0.2) is 0 Å². The maximum Gasteiger partial charge on any atom is 0.255 e. The van der Waals surface area contributed by atoms with E-state index < -0.39 is 21.7 Å². The van der Waals surface area contributed by atoms with E-state index in [1.165, 1.54) is 48.5 Å². The van der Waals surface area contributed by atoms with Crippen molar-refractivity contribution in [2.24, 2.45) is 0 Å². The predicted octanol–water partition coefficient (Wildman–Crippen LogP) is 3.15. The third-order valence-corrected chi connectivity index (χ3v) is 5.10. The SMILES string of the molecule is CC[C@H](C)NS(=O)(=O)c1ccc(C(=O)Nc2ccc(F)cc2)cc1. The van der Waals surface area contributed by atoms with Crippen molar-refractivity contribution < 1.29 is 17.6 Å². The molecule has 0 aliphatic rings. The number of carbonyl (C=O) groups excluding carboxylic acids is 1. The minimum atomic E-state index is -3.60. The second kappa shape index (κ2) is 7.55. The summed E-state index contributed by atoms with van der Waals surface area (Å²) in [4.78, 5) is 12.2. The number of anilines is 1. The first-order valence-corrected chi connectivity index (χ1v) is 8.99. The van der Waals surface area contributed by atoms with Crippen molar-refractivity contribution >= 4 is 21.6 Å². The van der Waals surface area contributed by atoms with Crippen LogP contribution in [0.5, 0.6) is 0 Å². The van der Waals surface area contributed by atoms with E-state index in [4.69, 9.17) is 0 Å². The predicted molar refractivity (Wildman–Crippen MR) is 90.9 cm³/mol. The molecule has 5 nitrogen and oxygen atoms in total. The molecule has 1 atom stereocenters. The Labute approximate surface area is 141 Å². The number of rotatable bonds is 6. The van der Waals surface area contributed by atoms with Crippen LogP contribution in [-0.2, 0) is 10.0 Å². The van der Waals surface area contributed by atoms with E-state index in [0.29, 0.717) is 17.7 Å². The van der Waals surface area contributed by atoms with E-state index in [0.717, 1.165) is 0 Å². The maximum absolute atomic E-state index is 12.8. The monoisotopic (exact) mass is 350 g/mol. The van der Waals surface area contributed by atoms with E-state index in [1.54, 1.807) is 6.92 Å². The van der Waals surface area contributed by atoms with Crippen LogP contribution in [0.15, 0.2) is 53.4 Å². The van der Waals surface area contributed by atoms with Crippen LogP contribution >= 0.6 is 0 Å². The molecule has 24 heavy (non-hydrogen) atoms. The van der Waals surface area contributed by atoms with Gasteiger partial charge in [0.2, 0.25) is 10.0 Å². The summed E-state index contributed by atoms with van der Waals surface area (Å²) in [5.41, 5.74) is 0.762. The Morgan fingerprint density at radius 1 is 1.08 bits per heavy atom. The Morgan fingerprint density at radius 2 is 1.67 bits per heavy atom. The highest BCUT2D eigenvalue weighted by atomic mass is 32.2. The molecule has 0 aliphatic heterocycles. The lowest BCUT2D eigenvalue weighted by Crippen LogP contribution is -2.32. The standard InChI is InChI=1S/C17H19FN2O3S/c1-3-12(2)20-24(22,23)16-10-4-13(5-11-16)17(21)19-15-8-6-14(18)7-9-15/h4-12,20H,3H2,1-2H3,(H,19,21)/t12-/m0/s1. The molecule has 0 spiro atoms. The van der Waals surface area contributed by atoms with Crippen molar-refractivity contribution in [3.05, 3.63) is 59.9 Å². The van der Waals surface area contributed by atoms with Gasteiger partial charge in [-0.2, -0.15) is 0 Å². The second-order valence-electron chi connectivity index (χ2n) is 5.42. The number of amides is 1. The molecule has 0 aromatic heterocycles. The summed E-state index contributed by atoms with van der Waals surface area (Å²) in [6.07, 6.45) is 0.678. The molecule has 0 fully saturated rings. The smallest absolute Gasteiger partial charge is 0.255 e. The highest BCUT2D eigenvalue weighted by Crippen LogP contribution is 2.14. The highest BCUT2D eigenvalue weighted by molar-refractivity contribution is 7.89. The van der Waals surface area contributed by atoms with E-state index >= 15 is 0 Å². The largest absolute Gasteiger partial charge is 0.322 e. The van der Waals surface area contributed by atoms with Crippen molar-refractivity contribution in [2.45, 2.75) is 31.2 Å². The molecule has 7 heteroatoms. The maximum atomic E-state index is 12.8. The van der Waals surface area contributed by atoms with E-state index in [2.05, 4.69) is 10.0 Å². The van der Waals surface area contributed by atoms with Gasteiger partial charge in [-0.3, -0.25) is 4.79 Å². The van der Waals surface area contributed by atoms with Crippen LogP contribution in [0.3, 0.4) is 0 Å². The highest BCUT2D eigenvalue weighted by Gasteiger charge is 2.17. The van der Waals surface area contributed by atoms with Gasteiger partial charge in [0.05, 0.1) is 4.90 Å². The van der Waals surface area contributed by atoms with Gasteiger partial charge in [0, 0.05) is 17.3 Å². The van der Waals surface area contributed by atoms with Crippen LogP contribution in [0.2, 0.25) is 0 Å². The molecule has 0 unspecified atom stereocenters. The zero-order valence-electron chi connectivity index (χ0n) is 13.4. The van der Waals surface area contributed by atoms with Crippen molar-refractivity contribution in [3.8, 4) is 0 Å². The molecule has 0 bridgehead atoms. The lowest BCUT2D eigenvalue weighted by atomic mass is 10.2. The third kappa shape index (κ3) is 4.62. The summed E-state index contributed by atoms with van der Waals surface area (Å²) in [5, 5.41) is 2.61. The van der Waals surface area contributed by atoms with Gasteiger partial charge in [-0.05, 0) is 61.9 Å². The summed E-state index contributed by atoms with van der Waals surface area (Å²) in [6, 6.07) is 10.8. The number of halogens is 1. The molecule has 2 aromatic carbocycles. The van der Waals surface area contributed by atoms with Gasteiger partial charge in [-0.25, -0.2) is 17.5 Å². The normalized spacial score (nSPS) is 12.6. The molecule has 2 aromatic rings. The number of hydrogen-bond donors (Lipinski definition) is 2. The minimum absolute atomic E-state index is 0.0983. The summed E-state index contributed by atoms with van der Waals surface area (Å²) in [5.74, 6) is -0.795. The lowest BCUT2D eigenvalue weighted by molar-refractivity contribution is 0.102. The van der Waals surface area contributed by atoms with E-state index in [1.807, 2.05) is 6.92 Å². The summed E-state index contributed by atoms with van der Waals surface area (Å²) in [7, 11) is -3.60. The first-order chi connectivity index (χ1) is 11.3. The summed E-state index contributed by atoms with van der Waals surface area (Å²) >= 11 is 0. The van der Waals surface area contributed by atoms with Crippen molar-refractivity contribution in [1.29, 1.82) is 0 Å². The van der Waals surface area contributed by atoms with Crippen molar-refractivity contribution in [1.82, 2.24) is 4.72 Å². The summed E-state index contributed by atoms with van der Waals surface area (Å²) < 4.78 is 39.7. The van der Waals surface area contributed by atoms with Crippen LogP contribution in [-0.4, -0.2) is 20.4 Å². The number of hydrogen-bond acceptors (Lipinski definition) is 3. The molecule has 0 saturated heterocycles. The Hall–Kier alpha value is -2.25. The third-order valence-electron chi connectivity index (χ3n) is 3.50. The first kappa shape index (κ1) is 18.1. The van der Waals surface area contributed by atoms with E-state index in [-0.39, 0.29) is 10.9 Å². The number of nitrogens with one attached hydrogen (secondary N) is 2. The fourth-order valence-electron chi connectivity index (χ4n) is 1.94. The molecular weight excluding hydrogens is 331 g/mol. The Bertz CT molecular complexity index is 803. The van der Waals surface area contributed by atoms with Crippen LogP contribution in [0, 0.1) is 5.82 Å². The summed E-state index contributed by atoms with van der Waals surface area (Å²) in [6.45, 7) is 3.66. The fourth-order valence-corrected chi connectivity index (χ4v) is 3.27. The number of carbonyl (C=O) groups is 1. The Morgan fingerprint density at radius 3 is 2.21 bits per heavy atom. The van der Waals surface area contributed by atoms with Crippen LogP contribution in [0.25, 0.3) is 0 Å². The van der Waals surface area contributed by atoms with Crippen LogP contribution in [0.1, 0.15) is 30.6 Å².